The van der Waals surface area contributed by atoms with Crippen LogP contribution in [0.2, 0.25) is 0 Å². The molecule has 0 spiro atoms. The second-order valence-corrected chi connectivity index (χ2v) is 10.5. The van der Waals surface area contributed by atoms with Crippen molar-refractivity contribution in [1.29, 1.82) is 0 Å². The van der Waals surface area contributed by atoms with Crippen LogP contribution in [0.15, 0.2) is 36.9 Å². The highest BCUT2D eigenvalue weighted by Gasteiger charge is 2.54. The SMILES string of the molecule is CC(=O)c1cccc(C2CCOP(=O)(OCC3O[C@@H](n4cnc5c(N)ncnc54)[C@](C)(O)[C@@H]3O)O2)c1. The number of fused-ring (bicyclic) bond motifs is 1. The molecule has 0 bridgehead atoms. The number of nitrogen functional groups attached to an aromatic ring is 1. The number of ketones is 1. The highest BCUT2D eigenvalue weighted by molar-refractivity contribution is 7.48. The van der Waals surface area contributed by atoms with Gasteiger partial charge in [-0.1, -0.05) is 18.2 Å². The summed E-state index contributed by atoms with van der Waals surface area (Å²) in [6.45, 7) is 2.56. The average Bonchev–Trinajstić information content (AvgIpc) is 3.37. The topological polar surface area (TPSA) is 181 Å². The Labute approximate surface area is 205 Å². The van der Waals surface area contributed by atoms with Crippen LogP contribution in [-0.2, 0) is 22.9 Å². The number of ether oxygens (including phenoxy) is 1. The summed E-state index contributed by atoms with van der Waals surface area (Å²) in [6.07, 6.45) is -1.18. The normalized spacial score (nSPS) is 32.7. The number of benzene rings is 1. The van der Waals surface area contributed by atoms with Gasteiger partial charge in [0.2, 0.25) is 0 Å². The summed E-state index contributed by atoms with van der Waals surface area (Å²) in [5, 5.41) is 21.8. The van der Waals surface area contributed by atoms with E-state index in [1.165, 1.54) is 31.1 Å². The molecule has 0 aliphatic carbocycles. The molecular weight excluding hydrogens is 493 g/mol. The fraction of sp³-hybridized carbons (Fsp3) is 0.455. The Morgan fingerprint density at radius 1 is 1.36 bits per heavy atom. The number of aromatic nitrogens is 4. The molecule has 1 aromatic carbocycles. The molecule has 5 rings (SSSR count). The molecule has 2 aromatic heterocycles. The Kier molecular flexibility index (Phi) is 6.41. The van der Waals surface area contributed by atoms with Crippen molar-refractivity contribution in [3.8, 4) is 0 Å². The summed E-state index contributed by atoms with van der Waals surface area (Å²) in [4.78, 5) is 23.9. The van der Waals surface area contributed by atoms with Gasteiger partial charge in [-0.05, 0) is 25.5 Å². The van der Waals surface area contributed by atoms with Gasteiger partial charge in [0.25, 0.3) is 0 Å². The van der Waals surface area contributed by atoms with E-state index < -0.39 is 44.6 Å². The number of aliphatic hydroxyl groups is 2. The predicted octanol–water partition coefficient (Wildman–Crippen LogP) is 1.92. The second-order valence-electron chi connectivity index (χ2n) is 8.92. The van der Waals surface area contributed by atoms with Gasteiger partial charge in [0.1, 0.15) is 29.7 Å². The maximum atomic E-state index is 13.2. The molecule has 4 heterocycles. The molecule has 2 fully saturated rings. The van der Waals surface area contributed by atoms with Crippen molar-refractivity contribution >= 4 is 30.6 Å². The third kappa shape index (κ3) is 4.43. The van der Waals surface area contributed by atoms with Crippen LogP contribution in [0.25, 0.3) is 11.2 Å². The summed E-state index contributed by atoms with van der Waals surface area (Å²) < 4.78 is 37.0. The third-order valence-electron chi connectivity index (χ3n) is 6.34. The van der Waals surface area contributed by atoms with E-state index in [-0.39, 0.29) is 18.2 Å². The summed E-state index contributed by atoms with van der Waals surface area (Å²) in [7, 11) is -4.03. The number of aliphatic hydroxyl groups excluding tert-OH is 1. The minimum absolute atomic E-state index is 0.0999. The maximum absolute atomic E-state index is 13.2. The van der Waals surface area contributed by atoms with E-state index in [0.717, 1.165) is 0 Å². The molecule has 4 N–H and O–H groups in total. The van der Waals surface area contributed by atoms with Gasteiger partial charge in [-0.3, -0.25) is 22.9 Å². The van der Waals surface area contributed by atoms with Gasteiger partial charge in [0.05, 0.1) is 25.6 Å². The van der Waals surface area contributed by atoms with Gasteiger partial charge in [-0.15, -0.1) is 0 Å². The van der Waals surface area contributed by atoms with Crippen LogP contribution in [0.5, 0.6) is 0 Å². The molecule has 3 aromatic rings. The number of hydrogen-bond acceptors (Lipinski definition) is 12. The van der Waals surface area contributed by atoms with Crippen LogP contribution in [-0.4, -0.2) is 66.5 Å². The number of anilines is 1. The lowest BCUT2D eigenvalue weighted by atomic mass is 9.96. The zero-order valence-electron chi connectivity index (χ0n) is 19.6. The molecule has 14 heteroatoms. The van der Waals surface area contributed by atoms with Crippen molar-refractivity contribution in [2.45, 2.75) is 50.4 Å². The monoisotopic (exact) mass is 519 g/mol. The molecule has 6 atom stereocenters. The Morgan fingerprint density at radius 3 is 2.94 bits per heavy atom. The van der Waals surface area contributed by atoms with Crippen LogP contribution in [0.1, 0.15) is 48.5 Å². The first-order valence-corrected chi connectivity index (χ1v) is 12.7. The van der Waals surface area contributed by atoms with Gasteiger partial charge in [0, 0.05) is 12.0 Å². The molecule has 3 unspecified atom stereocenters. The number of carbonyl (C=O) groups excluding carboxylic acids is 1. The molecule has 36 heavy (non-hydrogen) atoms. The first kappa shape index (κ1) is 24.9. The van der Waals surface area contributed by atoms with Crippen LogP contribution < -0.4 is 5.73 Å². The number of hydrogen-bond donors (Lipinski definition) is 3. The van der Waals surface area contributed by atoms with E-state index in [0.29, 0.717) is 28.7 Å². The first-order chi connectivity index (χ1) is 17.1. The molecule has 0 radical (unpaired) electrons. The Balaban J connectivity index is 1.30. The van der Waals surface area contributed by atoms with Crippen molar-refractivity contribution in [2.24, 2.45) is 0 Å². The fourth-order valence-corrected chi connectivity index (χ4v) is 5.74. The molecule has 2 saturated heterocycles. The maximum Gasteiger partial charge on any atom is 0.475 e. The number of imidazole rings is 1. The van der Waals surface area contributed by atoms with E-state index in [1.807, 2.05) is 0 Å². The number of phosphoric ester groups is 1. The van der Waals surface area contributed by atoms with Crippen LogP contribution in [0.3, 0.4) is 0 Å². The third-order valence-corrected chi connectivity index (χ3v) is 7.82. The number of rotatable bonds is 6. The average molecular weight is 519 g/mol. The van der Waals surface area contributed by atoms with Gasteiger partial charge >= 0.3 is 7.82 Å². The number of nitrogens with zero attached hydrogens (tertiary/aromatic N) is 4. The fourth-order valence-electron chi connectivity index (χ4n) is 4.35. The predicted molar refractivity (Wildman–Crippen MR) is 125 cm³/mol. The zero-order valence-corrected chi connectivity index (χ0v) is 20.4. The molecular formula is C22H26N5O8P. The van der Waals surface area contributed by atoms with Crippen molar-refractivity contribution in [2.75, 3.05) is 18.9 Å². The lowest BCUT2D eigenvalue weighted by Crippen LogP contribution is -2.44. The molecule has 0 saturated carbocycles. The van der Waals surface area contributed by atoms with Gasteiger partial charge in [0.15, 0.2) is 23.5 Å². The van der Waals surface area contributed by atoms with Crippen molar-refractivity contribution < 1.29 is 37.9 Å². The first-order valence-electron chi connectivity index (χ1n) is 11.3. The summed E-state index contributed by atoms with van der Waals surface area (Å²) in [5.41, 5.74) is 5.86. The zero-order chi connectivity index (χ0) is 25.7. The van der Waals surface area contributed by atoms with Crippen LogP contribution in [0, 0.1) is 0 Å². The lowest BCUT2D eigenvalue weighted by molar-refractivity contribution is -0.0953. The quantitative estimate of drug-likeness (QED) is 0.318. The van der Waals surface area contributed by atoms with Gasteiger partial charge in [-0.2, -0.15) is 0 Å². The lowest BCUT2D eigenvalue weighted by Gasteiger charge is -2.30. The molecule has 192 valence electrons. The van der Waals surface area contributed by atoms with E-state index in [2.05, 4.69) is 15.0 Å². The minimum atomic E-state index is -4.03. The standard InChI is InChI=1S/C22H26N5O8P/c1-12(28)13-4-3-5-14(8-13)15-6-7-32-36(31,35-15)33-9-16-18(29)22(2,30)21(34-16)27-11-26-17-19(23)24-10-25-20(17)27/h3-5,8,10-11,15-16,18,21,29-30H,6-7,9H2,1-2H3,(H2,23,24,25)/t15?,16?,18-,21-,22-,36?/m1/s1. The van der Waals surface area contributed by atoms with Crippen LogP contribution in [0.4, 0.5) is 5.82 Å². The van der Waals surface area contributed by atoms with E-state index >= 15 is 0 Å². The molecule has 2 aliphatic heterocycles. The Morgan fingerprint density at radius 2 is 2.17 bits per heavy atom. The largest absolute Gasteiger partial charge is 0.475 e. The van der Waals surface area contributed by atoms with E-state index in [4.69, 9.17) is 24.0 Å². The van der Waals surface area contributed by atoms with Crippen molar-refractivity contribution in [1.82, 2.24) is 19.5 Å². The number of phosphoric acid groups is 1. The summed E-state index contributed by atoms with van der Waals surface area (Å²) >= 11 is 0. The Hall–Kier alpha value is -2.77. The summed E-state index contributed by atoms with van der Waals surface area (Å²) in [5.74, 6) is 0.0575. The van der Waals surface area contributed by atoms with Gasteiger partial charge < -0.3 is 20.7 Å². The highest BCUT2D eigenvalue weighted by atomic mass is 31.2. The van der Waals surface area contributed by atoms with Crippen LogP contribution >= 0.6 is 7.82 Å². The molecule has 2 aliphatic rings. The van der Waals surface area contributed by atoms with Crippen molar-refractivity contribution in [3.63, 3.8) is 0 Å². The smallest absolute Gasteiger partial charge is 0.387 e. The molecule has 0 amide bonds. The van der Waals surface area contributed by atoms with Crippen molar-refractivity contribution in [3.05, 3.63) is 48.0 Å². The number of nitrogens with two attached hydrogens (primary N) is 1. The number of carbonyl (C=O) groups is 1. The van der Waals surface area contributed by atoms with Gasteiger partial charge in [-0.25, -0.2) is 19.5 Å². The van der Waals surface area contributed by atoms with E-state index in [1.54, 1.807) is 24.3 Å². The van der Waals surface area contributed by atoms with E-state index in [9.17, 15) is 19.6 Å². The summed E-state index contributed by atoms with van der Waals surface area (Å²) in [6, 6.07) is 6.86. The second kappa shape index (κ2) is 9.27. The number of Topliss-reactive ketones (excluding diaryl/α,β-unsaturated/α-hetero) is 1. The highest BCUT2D eigenvalue weighted by Crippen LogP contribution is 2.57. The molecule has 13 nitrogen and oxygen atoms in total. The Bertz CT molecular complexity index is 1350. The minimum Gasteiger partial charge on any atom is -0.387 e.